The summed E-state index contributed by atoms with van der Waals surface area (Å²) in [5.74, 6) is 5.80. The maximum Gasteiger partial charge on any atom is 0.269 e. The summed E-state index contributed by atoms with van der Waals surface area (Å²) in [5, 5.41) is 0.658. The number of nitrogens with zero attached hydrogens (tertiary/aromatic N) is 1. The SMILES string of the molecule is COc1ccc(OCC(=O)n2c(C)c(C(=O)NN)c3ccccc32)cc1. The number of aromatic nitrogens is 1. The Hall–Kier alpha value is -3.32. The molecule has 3 aromatic rings. The van der Waals surface area contributed by atoms with E-state index in [0.29, 0.717) is 33.7 Å². The van der Waals surface area contributed by atoms with Gasteiger partial charge < -0.3 is 9.47 Å². The highest BCUT2D eigenvalue weighted by Gasteiger charge is 2.22. The Labute approximate surface area is 150 Å². The number of amides is 1. The molecular weight excluding hydrogens is 334 g/mol. The molecular formula is C19H19N3O4. The van der Waals surface area contributed by atoms with Crippen LogP contribution in [0.5, 0.6) is 11.5 Å². The van der Waals surface area contributed by atoms with Gasteiger partial charge in [0.1, 0.15) is 11.5 Å². The molecule has 0 saturated heterocycles. The topological polar surface area (TPSA) is 95.6 Å². The number of carbonyl (C=O) groups is 2. The maximum atomic E-state index is 12.8. The second-order valence-electron chi connectivity index (χ2n) is 5.64. The van der Waals surface area contributed by atoms with Crippen LogP contribution in [0.3, 0.4) is 0 Å². The largest absolute Gasteiger partial charge is 0.497 e. The number of ether oxygens (including phenoxy) is 2. The number of methoxy groups -OCH3 is 1. The van der Waals surface area contributed by atoms with Crippen LogP contribution in [0.2, 0.25) is 0 Å². The van der Waals surface area contributed by atoms with Crippen molar-refractivity contribution in [3.8, 4) is 11.5 Å². The zero-order chi connectivity index (χ0) is 18.7. The lowest BCUT2D eigenvalue weighted by molar-refractivity contribution is 0.0841. The van der Waals surface area contributed by atoms with Gasteiger partial charge in [-0.2, -0.15) is 0 Å². The van der Waals surface area contributed by atoms with Crippen LogP contribution in [0, 0.1) is 6.92 Å². The van der Waals surface area contributed by atoms with Gasteiger partial charge in [0.15, 0.2) is 6.61 Å². The van der Waals surface area contributed by atoms with Gasteiger partial charge in [0.05, 0.1) is 18.2 Å². The summed E-state index contributed by atoms with van der Waals surface area (Å²) in [6.07, 6.45) is 0. The standard InChI is InChI=1S/C19H19N3O4/c1-12-18(19(24)21-20)15-5-3-4-6-16(15)22(12)17(23)11-26-14-9-7-13(25-2)8-10-14/h3-10H,11,20H2,1-2H3,(H,21,24). The average Bonchev–Trinajstić information content (AvgIpc) is 2.97. The third-order valence-corrected chi connectivity index (χ3v) is 4.14. The third kappa shape index (κ3) is 3.12. The lowest BCUT2D eigenvalue weighted by Gasteiger charge is -2.09. The number of para-hydroxylation sites is 1. The van der Waals surface area contributed by atoms with E-state index in [2.05, 4.69) is 5.43 Å². The Kier molecular flexibility index (Phi) is 4.90. The number of hydrazine groups is 1. The van der Waals surface area contributed by atoms with Gasteiger partial charge >= 0.3 is 0 Å². The van der Waals surface area contributed by atoms with E-state index in [1.807, 2.05) is 0 Å². The summed E-state index contributed by atoms with van der Waals surface area (Å²) in [4.78, 5) is 24.9. The molecule has 0 saturated carbocycles. The number of carbonyl (C=O) groups excluding carboxylic acids is 2. The van der Waals surface area contributed by atoms with Gasteiger partial charge in [-0.25, -0.2) is 5.84 Å². The molecule has 0 bridgehead atoms. The van der Waals surface area contributed by atoms with Crippen LogP contribution < -0.4 is 20.7 Å². The van der Waals surface area contributed by atoms with Gasteiger partial charge in [0.25, 0.3) is 11.8 Å². The zero-order valence-corrected chi connectivity index (χ0v) is 14.5. The Morgan fingerprint density at radius 1 is 1.08 bits per heavy atom. The van der Waals surface area contributed by atoms with E-state index in [1.165, 1.54) is 4.57 Å². The fourth-order valence-corrected chi connectivity index (χ4v) is 2.93. The van der Waals surface area contributed by atoms with Crippen molar-refractivity contribution in [2.45, 2.75) is 6.92 Å². The van der Waals surface area contributed by atoms with Crippen molar-refractivity contribution in [2.75, 3.05) is 13.7 Å². The number of hydrogen-bond acceptors (Lipinski definition) is 5. The minimum atomic E-state index is -0.443. The summed E-state index contributed by atoms with van der Waals surface area (Å²) in [5.41, 5.74) is 3.65. The Balaban J connectivity index is 1.90. The highest BCUT2D eigenvalue weighted by Crippen LogP contribution is 2.26. The van der Waals surface area contributed by atoms with Crippen molar-refractivity contribution >= 4 is 22.7 Å². The highest BCUT2D eigenvalue weighted by atomic mass is 16.5. The monoisotopic (exact) mass is 353 g/mol. The van der Waals surface area contributed by atoms with E-state index in [4.69, 9.17) is 15.3 Å². The van der Waals surface area contributed by atoms with Gasteiger partial charge in [-0.05, 0) is 37.3 Å². The first-order valence-corrected chi connectivity index (χ1v) is 7.98. The van der Waals surface area contributed by atoms with Gasteiger partial charge in [-0.1, -0.05) is 18.2 Å². The van der Waals surface area contributed by atoms with Crippen LogP contribution in [-0.2, 0) is 0 Å². The van der Waals surface area contributed by atoms with E-state index in [-0.39, 0.29) is 12.5 Å². The van der Waals surface area contributed by atoms with Crippen LogP contribution in [0.4, 0.5) is 0 Å². The van der Waals surface area contributed by atoms with E-state index in [0.717, 1.165) is 0 Å². The maximum absolute atomic E-state index is 12.8. The first-order chi connectivity index (χ1) is 12.6. The molecule has 0 unspecified atom stereocenters. The number of nitrogen functional groups attached to an aromatic ring is 1. The summed E-state index contributed by atoms with van der Waals surface area (Å²) < 4.78 is 12.1. The average molecular weight is 353 g/mol. The fourth-order valence-electron chi connectivity index (χ4n) is 2.93. The number of rotatable bonds is 5. The molecule has 2 aromatic carbocycles. The lowest BCUT2D eigenvalue weighted by Crippen LogP contribution is -2.30. The molecule has 3 rings (SSSR count). The van der Waals surface area contributed by atoms with Gasteiger partial charge in [-0.3, -0.25) is 19.6 Å². The van der Waals surface area contributed by atoms with Crippen LogP contribution in [0.1, 0.15) is 20.8 Å². The molecule has 26 heavy (non-hydrogen) atoms. The first-order valence-electron chi connectivity index (χ1n) is 7.98. The number of hydrogen-bond donors (Lipinski definition) is 2. The van der Waals surface area contributed by atoms with Gasteiger partial charge in [0.2, 0.25) is 0 Å². The summed E-state index contributed by atoms with van der Waals surface area (Å²) in [6, 6.07) is 14.1. The molecule has 7 heteroatoms. The predicted octanol–water partition coefficient (Wildman–Crippen LogP) is 2.28. The van der Waals surface area contributed by atoms with Crippen LogP contribution in [-0.4, -0.2) is 30.1 Å². The summed E-state index contributed by atoms with van der Waals surface area (Å²) >= 11 is 0. The molecule has 0 atom stereocenters. The zero-order valence-electron chi connectivity index (χ0n) is 14.5. The number of nitrogens with one attached hydrogen (secondary N) is 1. The highest BCUT2D eigenvalue weighted by molar-refractivity contribution is 6.10. The second-order valence-corrected chi connectivity index (χ2v) is 5.64. The smallest absolute Gasteiger partial charge is 0.269 e. The number of fused-ring (bicyclic) bond motifs is 1. The van der Waals surface area contributed by atoms with Crippen molar-refractivity contribution in [1.29, 1.82) is 0 Å². The molecule has 0 aliphatic heterocycles. The van der Waals surface area contributed by atoms with E-state index in [9.17, 15) is 9.59 Å². The Bertz CT molecular complexity index is 961. The van der Waals surface area contributed by atoms with Crippen molar-refractivity contribution in [2.24, 2.45) is 5.84 Å². The molecule has 1 amide bonds. The molecule has 0 aliphatic rings. The van der Waals surface area contributed by atoms with Crippen LogP contribution in [0.15, 0.2) is 48.5 Å². The van der Waals surface area contributed by atoms with Gasteiger partial charge in [0, 0.05) is 11.1 Å². The molecule has 134 valence electrons. The summed E-state index contributed by atoms with van der Waals surface area (Å²) in [6.45, 7) is 1.53. The number of nitrogens with two attached hydrogens (primary N) is 1. The van der Waals surface area contributed by atoms with Crippen LogP contribution >= 0.6 is 0 Å². The van der Waals surface area contributed by atoms with E-state index < -0.39 is 5.91 Å². The molecule has 1 aromatic heterocycles. The number of benzene rings is 2. The van der Waals surface area contributed by atoms with E-state index >= 15 is 0 Å². The lowest BCUT2D eigenvalue weighted by atomic mass is 10.1. The Morgan fingerprint density at radius 2 is 1.73 bits per heavy atom. The Morgan fingerprint density at radius 3 is 2.38 bits per heavy atom. The van der Waals surface area contributed by atoms with E-state index in [1.54, 1.807) is 62.6 Å². The second kappa shape index (κ2) is 7.28. The molecule has 0 fully saturated rings. The minimum absolute atomic E-state index is 0.171. The third-order valence-electron chi connectivity index (χ3n) is 4.14. The molecule has 3 N–H and O–H groups in total. The van der Waals surface area contributed by atoms with Gasteiger partial charge in [-0.15, -0.1) is 0 Å². The first kappa shape index (κ1) is 17.5. The quantitative estimate of drug-likeness (QED) is 0.417. The van der Waals surface area contributed by atoms with Crippen molar-refractivity contribution in [1.82, 2.24) is 9.99 Å². The van der Waals surface area contributed by atoms with Crippen molar-refractivity contribution < 1.29 is 19.1 Å². The molecule has 0 spiro atoms. The molecule has 7 nitrogen and oxygen atoms in total. The van der Waals surface area contributed by atoms with Crippen LogP contribution in [0.25, 0.3) is 10.9 Å². The normalized spacial score (nSPS) is 10.6. The molecule has 0 aliphatic carbocycles. The molecule has 0 radical (unpaired) electrons. The van der Waals surface area contributed by atoms with Crippen molar-refractivity contribution in [3.63, 3.8) is 0 Å². The minimum Gasteiger partial charge on any atom is -0.497 e. The molecule has 1 heterocycles. The predicted molar refractivity (Wildman–Crippen MR) is 97.4 cm³/mol. The fraction of sp³-hybridized carbons (Fsp3) is 0.158. The summed E-state index contributed by atoms with van der Waals surface area (Å²) in [7, 11) is 1.58. The van der Waals surface area contributed by atoms with Crippen molar-refractivity contribution in [3.05, 3.63) is 59.8 Å².